The lowest BCUT2D eigenvalue weighted by molar-refractivity contribution is -0.150. The van der Waals surface area contributed by atoms with E-state index in [0.29, 0.717) is 0 Å². The molecule has 0 saturated carbocycles. The van der Waals surface area contributed by atoms with E-state index in [1.807, 2.05) is 5.32 Å². The van der Waals surface area contributed by atoms with Crippen molar-refractivity contribution in [3.8, 4) is 0 Å². The van der Waals surface area contributed by atoms with Gasteiger partial charge in [0.05, 0.1) is 21.3 Å². The Hall–Kier alpha value is -2.48. The average Bonchev–Trinajstić information content (AvgIpc) is 2.40. The van der Waals surface area contributed by atoms with Gasteiger partial charge in [0.2, 0.25) is 0 Å². The van der Waals surface area contributed by atoms with E-state index < -0.39 is 30.1 Å². The van der Waals surface area contributed by atoms with Crippen LogP contribution in [0.5, 0.6) is 0 Å². The molecule has 10 nitrogen and oxygen atoms in total. The summed E-state index contributed by atoms with van der Waals surface area (Å²) in [6.45, 7) is 0. The largest absolute Gasteiger partial charge is 0.469 e. The predicted molar refractivity (Wildman–Crippen MR) is 56.3 cm³/mol. The third-order valence-corrected chi connectivity index (χ3v) is 1.85. The number of ether oxygens (including phenoxy) is 3. The first kappa shape index (κ1) is 15.5. The molecule has 0 saturated heterocycles. The smallest absolute Gasteiger partial charge is 0.407 e. The maximum absolute atomic E-state index is 11.4. The van der Waals surface area contributed by atoms with Crippen LogP contribution in [0, 0.1) is 0 Å². The molecule has 0 aliphatic heterocycles. The molecule has 0 aliphatic rings. The van der Waals surface area contributed by atoms with Gasteiger partial charge in [-0.25, -0.2) is 9.59 Å². The van der Waals surface area contributed by atoms with Crippen LogP contribution in [0.3, 0.4) is 0 Å². The summed E-state index contributed by atoms with van der Waals surface area (Å²) < 4.78 is 13.0. The summed E-state index contributed by atoms with van der Waals surface area (Å²) >= 11 is 0. The zero-order valence-electron chi connectivity index (χ0n) is 9.95. The molecule has 0 aromatic carbocycles. The molecule has 100 valence electrons. The number of nitrogens with one attached hydrogen (secondary N) is 1. The molecule has 0 aliphatic carbocycles. The Morgan fingerprint density at radius 1 is 1.11 bits per heavy atom. The molecule has 0 unspecified atom stereocenters. The predicted octanol–water partition coefficient (Wildman–Crippen LogP) is -0.264. The van der Waals surface area contributed by atoms with Crippen LogP contribution in [0.1, 0.15) is 0 Å². The zero-order valence-corrected chi connectivity index (χ0v) is 9.95. The number of azide groups is 1. The van der Waals surface area contributed by atoms with Crippen LogP contribution in [0.25, 0.3) is 10.4 Å². The van der Waals surface area contributed by atoms with Gasteiger partial charge >= 0.3 is 18.0 Å². The Labute approximate surface area is 102 Å². The van der Waals surface area contributed by atoms with Crippen molar-refractivity contribution in [3.05, 3.63) is 10.4 Å². The summed E-state index contributed by atoms with van der Waals surface area (Å²) in [7, 11) is 3.14. The first-order chi connectivity index (χ1) is 8.51. The van der Waals surface area contributed by atoms with Crippen LogP contribution in [0.15, 0.2) is 5.11 Å². The van der Waals surface area contributed by atoms with Crippen LogP contribution in [0.4, 0.5) is 4.79 Å². The van der Waals surface area contributed by atoms with Crippen LogP contribution in [-0.2, 0) is 23.8 Å². The highest BCUT2D eigenvalue weighted by Gasteiger charge is 2.36. The van der Waals surface area contributed by atoms with E-state index in [9.17, 15) is 14.4 Å². The second-order valence-corrected chi connectivity index (χ2v) is 2.81. The number of hydrogen-bond acceptors (Lipinski definition) is 7. The third-order valence-electron chi connectivity index (χ3n) is 1.85. The highest BCUT2D eigenvalue weighted by atomic mass is 16.5. The second kappa shape index (κ2) is 7.74. The number of methoxy groups -OCH3 is 3. The molecule has 0 fully saturated rings. The molecule has 18 heavy (non-hydrogen) atoms. The monoisotopic (exact) mass is 260 g/mol. The molecule has 0 radical (unpaired) electrons. The lowest BCUT2D eigenvalue weighted by Crippen LogP contribution is -2.51. The SMILES string of the molecule is COC(=O)N[C@H](C(=O)OC)[C@@H](N=[N+]=[N-])C(=O)OC. The van der Waals surface area contributed by atoms with E-state index in [-0.39, 0.29) is 0 Å². The second-order valence-electron chi connectivity index (χ2n) is 2.81. The molecule has 1 N–H and O–H groups in total. The molecule has 0 rings (SSSR count). The fourth-order valence-electron chi connectivity index (χ4n) is 1.01. The van der Waals surface area contributed by atoms with Crippen molar-refractivity contribution >= 4 is 18.0 Å². The van der Waals surface area contributed by atoms with Crippen molar-refractivity contribution < 1.29 is 28.6 Å². The van der Waals surface area contributed by atoms with E-state index in [0.717, 1.165) is 21.3 Å². The van der Waals surface area contributed by atoms with Crippen molar-refractivity contribution in [1.82, 2.24) is 5.32 Å². The minimum atomic E-state index is -1.59. The van der Waals surface area contributed by atoms with Crippen molar-refractivity contribution in [2.45, 2.75) is 12.1 Å². The number of hydrogen-bond donors (Lipinski definition) is 1. The minimum absolute atomic E-state index is 0.983. The summed E-state index contributed by atoms with van der Waals surface area (Å²) in [5, 5.41) is 5.10. The Bertz CT molecular complexity index is 378. The van der Waals surface area contributed by atoms with Crippen LogP contribution in [-0.4, -0.2) is 51.4 Å². The lowest BCUT2D eigenvalue weighted by Gasteiger charge is -2.19. The van der Waals surface area contributed by atoms with E-state index in [1.165, 1.54) is 0 Å². The Balaban J connectivity index is 5.21. The van der Waals surface area contributed by atoms with Gasteiger partial charge < -0.3 is 19.5 Å². The summed E-state index contributed by atoms with van der Waals surface area (Å²) in [6, 6.07) is -3.13. The summed E-state index contributed by atoms with van der Waals surface area (Å²) in [6.07, 6.45) is -0.993. The first-order valence-corrected chi connectivity index (χ1v) is 4.56. The molecule has 0 aromatic heterocycles. The Morgan fingerprint density at radius 3 is 2.06 bits per heavy atom. The topological polar surface area (TPSA) is 140 Å². The summed E-state index contributed by atoms with van der Waals surface area (Å²) in [5.41, 5.74) is 8.33. The molecular formula is C8H12N4O6. The number of alkyl carbamates (subject to hydrolysis) is 1. The van der Waals surface area contributed by atoms with Gasteiger partial charge in [-0.3, -0.25) is 4.79 Å². The van der Waals surface area contributed by atoms with Gasteiger partial charge in [-0.15, -0.1) is 0 Å². The minimum Gasteiger partial charge on any atom is -0.469 e. The molecule has 0 bridgehead atoms. The number of carbonyl (C=O) groups excluding carboxylic acids is 3. The fourth-order valence-corrected chi connectivity index (χ4v) is 1.01. The van der Waals surface area contributed by atoms with Crippen LogP contribution >= 0.6 is 0 Å². The van der Waals surface area contributed by atoms with E-state index in [1.54, 1.807) is 0 Å². The molecular weight excluding hydrogens is 248 g/mol. The highest BCUT2D eigenvalue weighted by Crippen LogP contribution is 2.05. The maximum Gasteiger partial charge on any atom is 0.407 e. The van der Waals surface area contributed by atoms with Gasteiger partial charge in [-0.05, 0) is 5.53 Å². The molecule has 2 atom stereocenters. The average molecular weight is 260 g/mol. The highest BCUT2D eigenvalue weighted by molar-refractivity contribution is 5.89. The lowest BCUT2D eigenvalue weighted by atomic mass is 10.1. The third kappa shape index (κ3) is 4.18. The molecule has 0 spiro atoms. The van der Waals surface area contributed by atoms with Gasteiger partial charge in [0.1, 0.15) is 6.04 Å². The van der Waals surface area contributed by atoms with Crippen molar-refractivity contribution in [2.24, 2.45) is 5.11 Å². The van der Waals surface area contributed by atoms with Crippen LogP contribution < -0.4 is 5.32 Å². The Morgan fingerprint density at radius 2 is 1.67 bits per heavy atom. The summed E-state index contributed by atoms with van der Waals surface area (Å²) in [5.74, 6) is -1.98. The number of rotatable bonds is 5. The first-order valence-electron chi connectivity index (χ1n) is 4.56. The van der Waals surface area contributed by atoms with Crippen LogP contribution in [0.2, 0.25) is 0 Å². The van der Waals surface area contributed by atoms with Crippen molar-refractivity contribution in [2.75, 3.05) is 21.3 Å². The van der Waals surface area contributed by atoms with Crippen molar-refractivity contribution in [3.63, 3.8) is 0 Å². The summed E-state index contributed by atoms with van der Waals surface area (Å²) in [4.78, 5) is 36.2. The molecule has 1 amide bonds. The van der Waals surface area contributed by atoms with Gasteiger partial charge in [-0.2, -0.15) is 0 Å². The number of nitrogens with zero attached hydrogens (tertiary/aromatic N) is 3. The Kier molecular flexibility index (Phi) is 6.67. The maximum atomic E-state index is 11.4. The standard InChI is InChI=1S/C8H12N4O6/c1-16-6(13)4(10-8(15)18-3)5(11-12-9)7(14)17-2/h4-5H,1-3H3,(H,10,15)/t4-,5+/m0/s1. The van der Waals surface area contributed by atoms with Gasteiger partial charge in [0.25, 0.3) is 0 Å². The van der Waals surface area contributed by atoms with E-state index >= 15 is 0 Å². The van der Waals surface area contributed by atoms with Gasteiger partial charge in [0.15, 0.2) is 6.04 Å². The van der Waals surface area contributed by atoms with E-state index in [4.69, 9.17) is 5.53 Å². The number of esters is 2. The zero-order chi connectivity index (χ0) is 14.1. The van der Waals surface area contributed by atoms with Crippen molar-refractivity contribution in [1.29, 1.82) is 0 Å². The van der Waals surface area contributed by atoms with Gasteiger partial charge in [0, 0.05) is 4.91 Å². The number of carbonyl (C=O) groups is 3. The molecule has 0 aromatic rings. The normalized spacial score (nSPS) is 12.4. The molecule has 10 heteroatoms. The molecule has 0 heterocycles. The quantitative estimate of drug-likeness (QED) is 0.237. The fraction of sp³-hybridized carbons (Fsp3) is 0.625. The number of amides is 1. The van der Waals surface area contributed by atoms with Gasteiger partial charge in [-0.1, -0.05) is 5.11 Å². The van der Waals surface area contributed by atoms with E-state index in [2.05, 4.69) is 24.2 Å².